The lowest BCUT2D eigenvalue weighted by atomic mass is 10.1. The highest BCUT2D eigenvalue weighted by molar-refractivity contribution is 5.92. The predicted octanol–water partition coefficient (Wildman–Crippen LogP) is 3.69. The molecule has 0 radical (unpaired) electrons. The second-order valence-corrected chi connectivity index (χ2v) is 8.43. The van der Waals surface area contributed by atoms with Gasteiger partial charge in [0.15, 0.2) is 18.1 Å². The zero-order valence-electron chi connectivity index (χ0n) is 20.7. The molecule has 3 N–H and O–H groups in total. The van der Waals surface area contributed by atoms with E-state index in [4.69, 9.17) is 20.2 Å². The third kappa shape index (κ3) is 4.96. The number of benzene rings is 2. The molecule has 3 aromatic heterocycles. The van der Waals surface area contributed by atoms with Crippen LogP contribution in [-0.2, 0) is 22.6 Å². The quantitative estimate of drug-likeness (QED) is 0.304. The summed E-state index contributed by atoms with van der Waals surface area (Å²) in [7, 11) is 1.57. The Morgan fingerprint density at radius 3 is 2.65 bits per heavy atom. The van der Waals surface area contributed by atoms with Gasteiger partial charge in [-0.15, -0.1) is 0 Å². The van der Waals surface area contributed by atoms with Crippen molar-refractivity contribution in [3.05, 3.63) is 71.3 Å². The Hall–Kier alpha value is -4.80. The first kappa shape index (κ1) is 23.9. The number of fused-ring (bicyclic) bond motifs is 3. The van der Waals surface area contributed by atoms with Crippen LogP contribution < -0.4 is 15.8 Å². The van der Waals surface area contributed by atoms with Crippen molar-refractivity contribution in [2.24, 2.45) is 0 Å². The molecule has 11 nitrogen and oxygen atoms in total. The lowest BCUT2D eigenvalue weighted by Gasteiger charge is -2.12. The van der Waals surface area contributed by atoms with Crippen molar-refractivity contribution in [1.82, 2.24) is 29.5 Å². The predicted molar refractivity (Wildman–Crippen MR) is 139 cm³/mol. The van der Waals surface area contributed by atoms with Crippen LogP contribution in [0.1, 0.15) is 29.2 Å². The van der Waals surface area contributed by atoms with Gasteiger partial charge in [0.1, 0.15) is 5.75 Å². The summed E-state index contributed by atoms with van der Waals surface area (Å²) in [6, 6.07) is 15.2. The number of nitrogen functional groups attached to an aromatic ring is 1. The Morgan fingerprint density at radius 2 is 1.81 bits per heavy atom. The molecule has 0 saturated carbocycles. The number of aryl methyl sites for hydroxylation is 2. The van der Waals surface area contributed by atoms with Gasteiger partial charge in [0.2, 0.25) is 11.9 Å². The molecule has 188 valence electrons. The minimum absolute atomic E-state index is 0.00989. The summed E-state index contributed by atoms with van der Waals surface area (Å²) in [5.41, 5.74) is 11.0. The lowest BCUT2D eigenvalue weighted by molar-refractivity contribution is -0.145. The number of esters is 1. The highest BCUT2D eigenvalue weighted by atomic mass is 16.5. The number of hydrogen-bond acceptors (Lipinski definition) is 10. The number of rotatable bonds is 8. The second kappa shape index (κ2) is 10.1. The summed E-state index contributed by atoms with van der Waals surface area (Å²) in [6.07, 6.45) is 0.637. The van der Waals surface area contributed by atoms with Crippen molar-refractivity contribution >= 4 is 40.1 Å². The third-order valence-electron chi connectivity index (χ3n) is 6.01. The lowest BCUT2D eigenvalue weighted by Crippen LogP contribution is -2.13. The standard InChI is InChI=1S/C26H26N8O3/c1-15-17(16(2)34-24(28-15)18-8-4-5-9-19(18)33-34)12-13-23(35)37-14-22-30-25(27)32-26(31-22)29-20-10-6-7-11-21(20)36-3/h4-11H,12-14H2,1-3H3,(H3,27,29,30,31,32). The highest BCUT2D eigenvalue weighted by Gasteiger charge is 2.16. The number of hydrogen-bond donors (Lipinski definition) is 2. The van der Waals surface area contributed by atoms with Gasteiger partial charge in [0.25, 0.3) is 0 Å². The molecular formula is C26H26N8O3. The van der Waals surface area contributed by atoms with E-state index in [0.717, 1.165) is 33.5 Å². The maximum absolute atomic E-state index is 12.6. The van der Waals surface area contributed by atoms with Crippen molar-refractivity contribution in [2.75, 3.05) is 18.2 Å². The number of para-hydroxylation sites is 2. The van der Waals surface area contributed by atoms with Crippen LogP contribution in [0.15, 0.2) is 48.5 Å². The van der Waals surface area contributed by atoms with E-state index in [2.05, 4.69) is 25.4 Å². The van der Waals surface area contributed by atoms with E-state index in [1.807, 2.05) is 60.8 Å². The van der Waals surface area contributed by atoms with E-state index in [-0.39, 0.29) is 36.7 Å². The summed E-state index contributed by atoms with van der Waals surface area (Å²) >= 11 is 0. The van der Waals surface area contributed by atoms with Gasteiger partial charge in [0, 0.05) is 23.2 Å². The first-order valence-electron chi connectivity index (χ1n) is 11.7. The van der Waals surface area contributed by atoms with E-state index < -0.39 is 0 Å². The largest absolute Gasteiger partial charge is 0.495 e. The van der Waals surface area contributed by atoms with Crippen molar-refractivity contribution < 1.29 is 14.3 Å². The minimum atomic E-state index is -0.386. The van der Waals surface area contributed by atoms with Crippen LogP contribution >= 0.6 is 0 Å². The molecule has 0 spiro atoms. The molecule has 5 rings (SSSR count). The van der Waals surface area contributed by atoms with E-state index in [9.17, 15) is 4.79 Å². The molecule has 0 unspecified atom stereocenters. The molecule has 0 bridgehead atoms. The average molecular weight is 499 g/mol. The number of carbonyl (C=O) groups is 1. The van der Waals surface area contributed by atoms with E-state index in [1.54, 1.807) is 13.2 Å². The molecule has 0 saturated heterocycles. The number of methoxy groups -OCH3 is 1. The van der Waals surface area contributed by atoms with Gasteiger partial charge in [-0.05, 0) is 50.1 Å². The maximum atomic E-state index is 12.6. The number of nitrogens with one attached hydrogen (secondary N) is 1. The molecule has 37 heavy (non-hydrogen) atoms. The van der Waals surface area contributed by atoms with Gasteiger partial charge >= 0.3 is 5.97 Å². The molecule has 5 aromatic rings. The first-order valence-corrected chi connectivity index (χ1v) is 11.7. The molecule has 0 atom stereocenters. The van der Waals surface area contributed by atoms with E-state index in [0.29, 0.717) is 17.9 Å². The molecule has 3 heterocycles. The van der Waals surface area contributed by atoms with Crippen molar-refractivity contribution in [3.8, 4) is 5.75 Å². The number of anilines is 3. The summed E-state index contributed by atoms with van der Waals surface area (Å²) < 4.78 is 12.6. The maximum Gasteiger partial charge on any atom is 0.306 e. The van der Waals surface area contributed by atoms with Gasteiger partial charge in [-0.1, -0.05) is 24.3 Å². The van der Waals surface area contributed by atoms with Crippen LogP contribution in [0.5, 0.6) is 5.75 Å². The summed E-state index contributed by atoms with van der Waals surface area (Å²) in [4.78, 5) is 29.8. The summed E-state index contributed by atoms with van der Waals surface area (Å²) in [5.74, 6) is 0.701. The molecule has 11 heteroatoms. The summed E-state index contributed by atoms with van der Waals surface area (Å²) in [5, 5.41) is 8.72. The zero-order chi connectivity index (χ0) is 25.9. The fourth-order valence-corrected chi connectivity index (χ4v) is 4.21. The monoisotopic (exact) mass is 498 g/mol. The Labute approximate surface area is 212 Å². The normalized spacial score (nSPS) is 11.1. The van der Waals surface area contributed by atoms with Crippen LogP contribution in [0.4, 0.5) is 17.6 Å². The zero-order valence-corrected chi connectivity index (χ0v) is 20.7. The summed E-state index contributed by atoms with van der Waals surface area (Å²) in [6.45, 7) is 3.79. The first-order chi connectivity index (χ1) is 17.9. The Bertz CT molecular complexity index is 1620. The fourth-order valence-electron chi connectivity index (χ4n) is 4.21. The van der Waals surface area contributed by atoms with Crippen LogP contribution in [-0.4, -0.2) is 42.6 Å². The molecule has 0 amide bonds. The van der Waals surface area contributed by atoms with Gasteiger partial charge in [-0.2, -0.15) is 20.1 Å². The molecule has 0 aliphatic rings. The molecule has 2 aromatic carbocycles. The van der Waals surface area contributed by atoms with Crippen LogP contribution in [0, 0.1) is 13.8 Å². The number of aromatic nitrogens is 6. The second-order valence-electron chi connectivity index (χ2n) is 8.43. The Kier molecular flexibility index (Phi) is 6.50. The van der Waals surface area contributed by atoms with Gasteiger partial charge in [0.05, 0.1) is 18.3 Å². The Balaban J connectivity index is 1.25. The number of nitrogens with two attached hydrogens (primary N) is 1. The third-order valence-corrected chi connectivity index (χ3v) is 6.01. The fraction of sp³-hybridized carbons (Fsp3) is 0.231. The van der Waals surface area contributed by atoms with Crippen LogP contribution in [0.2, 0.25) is 0 Å². The molecule has 0 fully saturated rings. The van der Waals surface area contributed by atoms with Crippen molar-refractivity contribution in [2.45, 2.75) is 33.3 Å². The SMILES string of the molecule is COc1ccccc1Nc1nc(N)nc(COC(=O)CCc2c(C)nc3c4ccccc4nn3c2C)n1. The van der Waals surface area contributed by atoms with Gasteiger partial charge in [-0.25, -0.2) is 9.50 Å². The highest BCUT2D eigenvalue weighted by Crippen LogP contribution is 2.26. The number of carbonyl (C=O) groups excluding carboxylic acids is 1. The van der Waals surface area contributed by atoms with E-state index >= 15 is 0 Å². The number of ether oxygens (including phenoxy) is 2. The number of nitrogens with zero attached hydrogens (tertiary/aromatic N) is 6. The van der Waals surface area contributed by atoms with E-state index in [1.165, 1.54) is 0 Å². The van der Waals surface area contributed by atoms with Crippen molar-refractivity contribution in [3.63, 3.8) is 0 Å². The van der Waals surface area contributed by atoms with Crippen LogP contribution in [0.3, 0.4) is 0 Å². The molecular weight excluding hydrogens is 472 g/mol. The van der Waals surface area contributed by atoms with Crippen molar-refractivity contribution in [1.29, 1.82) is 0 Å². The molecule has 0 aliphatic heterocycles. The van der Waals surface area contributed by atoms with Crippen LogP contribution in [0.25, 0.3) is 16.6 Å². The average Bonchev–Trinajstić information content (AvgIpc) is 3.26. The smallest absolute Gasteiger partial charge is 0.306 e. The van der Waals surface area contributed by atoms with Gasteiger partial charge < -0.3 is 20.5 Å². The topological polar surface area (TPSA) is 142 Å². The molecule has 0 aliphatic carbocycles. The van der Waals surface area contributed by atoms with Gasteiger partial charge in [-0.3, -0.25) is 4.79 Å². The Morgan fingerprint density at radius 1 is 1.03 bits per heavy atom. The minimum Gasteiger partial charge on any atom is -0.495 e.